The first-order valence-corrected chi connectivity index (χ1v) is 7.95. The lowest BCUT2D eigenvalue weighted by molar-refractivity contribution is -0.0650. The van der Waals surface area contributed by atoms with Crippen molar-refractivity contribution >= 4 is 0 Å². The number of ether oxygens (including phenoxy) is 1. The van der Waals surface area contributed by atoms with E-state index in [-0.39, 0.29) is 5.60 Å². The maximum Gasteiger partial charge on any atom is 0.0713 e. The van der Waals surface area contributed by atoms with Crippen LogP contribution in [-0.4, -0.2) is 19.3 Å². The summed E-state index contributed by atoms with van der Waals surface area (Å²) < 4.78 is 5.80. The molecule has 1 atom stereocenters. The van der Waals surface area contributed by atoms with Crippen LogP contribution in [0.2, 0.25) is 0 Å². The van der Waals surface area contributed by atoms with Gasteiger partial charge in [-0.3, -0.25) is 0 Å². The van der Waals surface area contributed by atoms with E-state index in [2.05, 4.69) is 20.8 Å². The van der Waals surface area contributed by atoms with Gasteiger partial charge in [-0.1, -0.05) is 59.3 Å². The normalized spacial score (nSPS) is 13.8. The van der Waals surface area contributed by atoms with E-state index < -0.39 is 0 Å². The van der Waals surface area contributed by atoms with E-state index in [1.165, 1.54) is 44.9 Å². The van der Waals surface area contributed by atoms with Gasteiger partial charge in [0.2, 0.25) is 0 Å². The van der Waals surface area contributed by atoms with Crippen molar-refractivity contribution < 1.29 is 4.74 Å². The number of rotatable bonds is 12. The second kappa shape index (κ2) is 10.8. The average molecular weight is 257 g/mol. The molecule has 2 heteroatoms. The molecule has 18 heavy (non-hydrogen) atoms. The second-order valence-corrected chi connectivity index (χ2v) is 5.47. The molecule has 0 amide bonds. The molecule has 0 aromatic heterocycles. The highest BCUT2D eigenvalue weighted by atomic mass is 16.5. The Morgan fingerprint density at radius 3 is 1.94 bits per heavy atom. The third-order valence-corrected chi connectivity index (χ3v) is 4.54. The summed E-state index contributed by atoms with van der Waals surface area (Å²) in [6.07, 6.45) is 11.5. The van der Waals surface area contributed by atoms with Gasteiger partial charge in [-0.05, 0) is 25.8 Å². The van der Waals surface area contributed by atoms with Gasteiger partial charge in [-0.15, -0.1) is 0 Å². The largest absolute Gasteiger partial charge is 0.378 e. The van der Waals surface area contributed by atoms with E-state index >= 15 is 0 Å². The van der Waals surface area contributed by atoms with Gasteiger partial charge in [-0.2, -0.15) is 0 Å². The molecule has 2 nitrogen and oxygen atoms in total. The molecule has 2 N–H and O–H groups in total. The highest BCUT2D eigenvalue weighted by Gasteiger charge is 2.34. The maximum absolute atomic E-state index is 5.97. The summed E-state index contributed by atoms with van der Waals surface area (Å²) in [6, 6.07) is 0. The van der Waals surface area contributed by atoms with E-state index in [1.54, 1.807) is 0 Å². The highest BCUT2D eigenvalue weighted by Crippen LogP contribution is 2.32. The van der Waals surface area contributed by atoms with Crippen LogP contribution in [0.3, 0.4) is 0 Å². The molecule has 0 saturated carbocycles. The molecule has 0 aliphatic rings. The number of unbranched alkanes of at least 4 members (excludes halogenated alkanes) is 5. The molecule has 0 saturated heterocycles. The van der Waals surface area contributed by atoms with Crippen molar-refractivity contribution in [1.82, 2.24) is 0 Å². The summed E-state index contributed by atoms with van der Waals surface area (Å²) in [5, 5.41) is 0. The Labute approximate surface area is 115 Å². The van der Waals surface area contributed by atoms with Crippen LogP contribution in [0.4, 0.5) is 0 Å². The van der Waals surface area contributed by atoms with Crippen LogP contribution in [0, 0.1) is 5.92 Å². The SMILES string of the molecule is CCCCCCCCC(CN)C(CC)(CC)OC. The summed E-state index contributed by atoms with van der Waals surface area (Å²) in [7, 11) is 1.84. The lowest BCUT2D eigenvalue weighted by Gasteiger charge is -2.38. The first-order chi connectivity index (χ1) is 8.70. The van der Waals surface area contributed by atoms with E-state index in [1.807, 2.05) is 7.11 Å². The van der Waals surface area contributed by atoms with Crippen LogP contribution in [-0.2, 0) is 4.74 Å². The fourth-order valence-corrected chi connectivity index (χ4v) is 3.05. The molecule has 0 aromatic carbocycles. The van der Waals surface area contributed by atoms with Crippen LogP contribution in [0.15, 0.2) is 0 Å². The molecule has 0 spiro atoms. The van der Waals surface area contributed by atoms with Gasteiger partial charge in [-0.25, -0.2) is 0 Å². The molecule has 0 heterocycles. The van der Waals surface area contributed by atoms with Gasteiger partial charge >= 0.3 is 0 Å². The minimum absolute atomic E-state index is 0.0121. The van der Waals surface area contributed by atoms with Crippen LogP contribution >= 0.6 is 0 Å². The Bertz CT molecular complexity index is 170. The smallest absolute Gasteiger partial charge is 0.0713 e. The van der Waals surface area contributed by atoms with Crippen LogP contribution in [0.1, 0.15) is 78.6 Å². The molecule has 0 aliphatic heterocycles. The Morgan fingerprint density at radius 2 is 1.50 bits per heavy atom. The average Bonchev–Trinajstić information content (AvgIpc) is 2.42. The zero-order chi connectivity index (χ0) is 13.9. The lowest BCUT2D eigenvalue weighted by Crippen LogP contribution is -2.42. The fourth-order valence-electron chi connectivity index (χ4n) is 3.05. The Hall–Kier alpha value is -0.0800. The number of methoxy groups -OCH3 is 1. The van der Waals surface area contributed by atoms with Gasteiger partial charge in [0.25, 0.3) is 0 Å². The van der Waals surface area contributed by atoms with E-state index in [0.717, 1.165) is 19.4 Å². The number of nitrogens with two attached hydrogens (primary N) is 1. The summed E-state index contributed by atoms with van der Waals surface area (Å²) >= 11 is 0. The number of hydrogen-bond donors (Lipinski definition) is 1. The molecule has 1 unspecified atom stereocenters. The monoisotopic (exact) mass is 257 g/mol. The van der Waals surface area contributed by atoms with Gasteiger partial charge in [0.05, 0.1) is 5.60 Å². The summed E-state index contributed by atoms with van der Waals surface area (Å²) in [5.74, 6) is 0.517. The second-order valence-electron chi connectivity index (χ2n) is 5.47. The minimum Gasteiger partial charge on any atom is -0.378 e. The van der Waals surface area contributed by atoms with E-state index in [9.17, 15) is 0 Å². The van der Waals surface area contributed by atoms with E-state index in [0.29, 0.717) is 5.92 Å². The topological polar surface area (TPSA) is 35.2 Å². The van der Waals surface area contributed by atoms with Crippen molar-refractivity contribution in [3.8, 4) is 0 Å². The van der Waals surface area contributed by atoms with Gasteiger partial charge in [0.15, 0.2) is 0 Å². The van der Waals surface area contributed by atoms with Crippen LogP contribution in [0.5, 0.6) is 0 Å². The lowest BCUT2D eigenvalue weighted by atomic mass is 9.79. The standard InChI is InChI=1S/C16H35NO/c1-5-8-9-10-11-12-13-15(14-17)16(6-2,7-3)18-4/h15H,5-14,17H2,1-4H3. The van der Waals surface area contributed by atoms with Gasteiger partial charge < -0.3 is 10.5 Å². The molecule has 0 rings (SSSR count). The van der Waals surface area contributed by atoms with Crippen LogP contribution < -0.4 is 5.73 Å². The van der Waals surface area contributed by atoms with Crippen molar-refractivity contribution in [2.45, 2.75) is 84.2 Å². The first kappa shape index (κ1) is 17.9. The molecule has 0 radical (unpaired) electrons. The maximum atomic E-state index is 5.97. The zero-order valence-corrected chi connectivity index (χ0v) is 13.1. The predicted octanol–water partition coefficient (Wildman–Crippen LogP) is 4.52. The highest BCUT2D eigenvalue weighted by molar-refractivity contribution is 4.86. The quantitative estimate of drug-likeness (QED) is 0.522. The third kappa shape index (κ3) is 5.71. The summed E-state index contributed by atoms with van der Waals surface area (Å²) in [4.78, 5) is 0. The summed E-state index contributed by atoms with van der Waals surface area (Å²) in [5.41, 5.74) is 5.98. The molecule has 110 valence electrons. The molecular formula is C16H35NO. The molecule has 0 fully saturated rings. The summed E-state index contributed by atoms with van der Waals surface area (Å²) in [6.45, 7) is 7.46. The molecular weight excluding hydrogens is 222 g/mol. The Balaban J connectivity index is 4.01. The molecule has 0 aliphatic carbocycles. The van der Waals surface area contributed by atoms with Crippen molar-refractivity contribution in [2.24, 2.45) is 11.7 Å². The van der Waals surface area contributed by atoms with Crippen molar-refractivity contribution in [1.29, 1.82) is 0 Å². The number of hydrogen-bond acceptors (Lipinski definition) is 2. The molecule has 0 aromatic rings. The van der Waals surface area contributed by atoms with Gasteiger partial charge in [0, 0.05) is 13.0 Å². The van der Waals surface area contributed by atoms with Crippen LogP contribution in [0.25, 0.3) is 0 Å². The van der Waals surface area contributed by atoms with Crippen molar-refractivity contribution in [3.63, 3.8) is 0 Å². The minimum atomic E-state index is 0.0121. The van der Waals surface area contributed by atoms with Gasteiger partial charge in [0.1, 0.15) is 0 Å². The van der Waals surface area contributed by atoms with Crippen molar-refractivity contribution in [3.05, 3.63) is 0 Å². The molecule has 0 bridgehead atoms. The fraction of sp³-hybridized carbons (Fsp3) is 1.00. The third-order valence-electron chi connectivity index (χ3n) is 4.54. The predicted molar refractivity (Wildman–Crippen MR) is 80.9 cm³/mol. The van der Waals surface area contributed by atoms with E-state index in [4.69, 9.17) is 10.5 Å². The first-order valence-electron chi connectivity index (χ1n) is 7.95. The van der Waals surface area contributed by atoms with Crippen molar-refractivity contribution in [2.75, 3.05) is 13.7 Å². The Morgan fingerprint density at radius 1 is 0.944 bits per heavy atom. The Kier molecular flexibility index (Phi) is 10.8. The zero-order valence-electron chi connectivity index (χ0n) is 13.1.